The second kappa shape index (κ2) is 13.9. The fourth-order valence-electron chi connectivity index (χ4n) is 9.72. The lowest BCUT2D eigenvalue weighted by atomic mass is 9.82. The summed E-state index contributed by atoms with van der Waals surface area (Å²) < 4.78 is 2.42. The molecule has 0 spiro atoms. The first-order chi connectivity index (χ1) is 29.1. The summed E-state index contributed by atoms with van der Waals surface area (Å²) in [4.78, 5) is 2.55. The Morgan fingerprint density at radius 2 is 0.932 bits per heavy atom. The number of nitrogens with zero attached hydrogens (tertiary/aromatic N) is 2. The molecule has 0 N–H and O–H groups in total. The van der Waals surface area contributed by atoms with Gasteiger partial charge >= 0.3 is 0 Å². The number of benzene rings is 9. The molecule has 0 aliphatic heterocycles. The lowest BCUT2D eigenvalue weighted by Crippen LogP contribution is -2.17. The molecule has 0 bridgehead atoms. The molecule has 280 valence electrons. The van der Waals surface area contributed by atoms with E-state index < -0.39 is 0 Å². The SMILES string of the molecule is CC1(C)c2ccccc2-c2ccc(N(c3cccc(-c4ccccc4)c3-c3ccccc3-c3ccccc3)c3cccc4c3c3ccccc3n4-c3ccccc3)cc21. The number of hydrogen-bond acceptors (Lipinski definition) is 1. The maximum absolute atomic E-state index is 2.55. The standard InChI is InChI=1S/C57H42N2/c1-57(2)49-31-16-14-27-45(49)46-37-36-42(38-50(46)57)59(54-35-19-34-53-56(54)48-29-15-17-32-51(48)58(53)41-24-10-5-11-25-41)52-33-18-30-44(40-22-8-4-9-23-40)55(52)47-28-13-12-26-43(47)39-20-6-3-7-21-39/h3-38H,1-2H3. The lowest BCUT2D eigenvalue weighted by molar-refractivity contribution is 0.660. The fraction of sp³-hybridized carbons (Fsp3) is 0.0526. The first-order valence-electron chi connectivity index (χ1n) is 20.5. The van der Waals surface area contributed by atoms with Gasteiger partial charge in [-0.15, -0.1) is 0 Å². The van der Waals surface area contributed by atoms with Gasteiger partial charge in [0.2, 0.25) is 0 Å². The van der Waals surface area contributed by atoms with E-state index in [0.717, 1.165) is 22.7 Å². The normalized spacial score (nSPS) is 12.7. The Morgan fingerprint density at radius 1 is 0.390 bits per heavy atom. The molecule has 0 saturated heterocycles. The average Bonchev–Trinajstić information content (AvgIpc) is 3.76. The van der Waals surface area contributed by atoms with Crippen molar-refractivity contribution in [3.8, 4) is 50.2 Å². The molecular formula is C57H42N2. The van der Waals surface area contributed by atoms with Gasteiger partial charge in [0.25, 0.3) is 0 Å². The van der Waals surface area contributed by atoms with E-state index in [1.807, 2.05) is 0 Å². The predicted molar refractivity (Wildman–Crippen MR) is 249 cm³/mol. The summed E-state index contributed by atoms with van der Waals surface area (Å²) in [6, 6.07) is 80.0. The molecule has 0 amide bonds. The third kappa shape index (κ3) is 5.56. The van der Waals surface area contributed by atoms with Gasteiger partial charge in [-0.05, 0) is 98.6 Å². The van der Waals surface area contributed by atoms with Crippen LogP contribution < -0.4 is 4.90 Å². The highest BCUT2D eigenvalue weighted by Gasteiger charge is 2.36. The fourth-order valence-corrected chi connectivity index (χ4v) is 9.72. The average molecular weight is 755 g/mol. The van der Waals surface area contributed by atoms with E-state index in [1.54, 1.807) is 0 Å². The molecule has 0 unspecified atom stereocenters. The van der Waals surface area contributed by atoms with Gasteiger partial charge in [0.15, 0.2) is 0 Å². The molecule has 1 aliphatic rings. The van der Waals surface area contributed by atoms with Crippen molar-refractivity contribution >= 4 is 38.9 Å². The van der Waals surface area contributed by atoms with E-state index in [-0.39, 0.29) is 5.41 Å². The Labute approximate surface area is 345 Å². The molecule has 1 aliphatic carbocycles. The summed E-state index contributed by atoms with van der Waals surface area (Å²) in [5.74, 6) is 0. The van der Waals surface area contributed by atoms with E-state index in [1.165, 1.54) is 77.4 Å². The lowest BCUT2D eigenvalue weighted by Gasteiger charge is -2.32. The number of anilines is 3. The molecule has 9 aromatic carbocycles. The van der Waals surface area contributed by atoms with Gasteiger partial charge in [0.05, 0.1) is 22.4 Å². The van der Waals surface area contributed by atoms with Crippen LogP contribution in [0, 0.1) is 0 Å². The molecule has 1 aromatic heterocycles. The highest BCUT2D eigenvalue weighted by molar-refractivity contribution is 6.17. The van der Waals surface area contributed by atoms with Crippen LogP contribution in [-0.2, 0) is 5.41 Å². The van der Waals surface area contributed by atoms with Crippen LogP contribution in [0.15, 0.2) is 218 Å². The zero-order chi connectivity index (χ0) is 39.5. The van der Waals surface area contributed by atoms with Gasteiger partial charge in [0.1, 0.15) is 0 Å². The Balaban J connectivity index is 1.27. The number of hydrogen-bond donors (Lipinski definition) is 0. The molecule has 0 fully saturated rings. The predicted octanol–water partition coefficient (Wildman–Crippen LogP) is 15.6. The maximum atomic E-state index is 2.55. The Hall–Kier alpha value is -7.42. The first-order valence-corrected chi connectivity index (χ1v) is 20.5. The van der Waals surface area contributed by atoms with Crippen molar-refractivity contribution < 1.29 is 0 Å². The van der Waals surface area contributed by atoms with E-state index in [0.29, 0.717) is 0 Å². The van der Waals surface area contributed by atoms with Crippen molar-refractivity contribution in [3.05, 3.63) is 230 Å². The Bertz CT molecular complexity index is 3170. The maximum Gasteiger partial charge on any atom is 0.0562 e. The number of para-hydroxylation sites is 2. The molecule has 11 rings (SSSR count). The van der Waals surface area contributed by atoms with E-state index >= 15 is 0 Å². The minimum Gasteiger partial charge on any atom is -0.309 e. The van der Waals surface area contributed by atoms with Gasteiger partial charge in [-0.25, -0.2) is 0 Å². The van der Waals surface area contributed by atoms with E-state index in [9.17, 15) is 0 Å². The quantitative estimate of drug-likeness (QED) is 0.157. The van der Waals surface area contributed by atoms with Gasteiger partial charge < -0.3 is 9.47 Å². The van der Waals surface area contributed by atoms with E-state index in [2.05, 4.69) is 242 Å². The molecule has 0 atom stereocenters. The van der Waals surface area contributed by atoms with E-state index in [4.69, 9.17) is 0 Å². The van der Waals surface area contributed by atoms with Gasteiger partial charge in [-0.2, -0.15) is 0 Å². The summed E-state index contributed by atoms with van der Waals surface area (Å²) in [5, 5.41) is 2.42. The van der Waals surface area contributed by atoms with Crippen LogP contribution in [-0.4, -0.2) is 4.57 Å². The third-order valence-corrected chi connectivity index (χ3v) is 12.4. The zero-order valence-corrected chi connectivity index (χ0v) is 33.2. The van der Waals surface area contributed by atoms with Crippen LogP contribution in [0.5, 0.6) is 0 Å². The number of rotatable bonds is 7. The molecule has 0 saturated carbocycles. The van der Waals surface area contributed by atoms with Crippen LogP contribution in [0.1, 0.15) is 25.0 Å². The minimum absolute atomic E-state index is 0.169. The van der Waals surface area contributed by atoms with Crippen LogP contribution in [0.3, 0.4) is 0 Å². The Kier molecular flexibility index (Phi) is 8.20. The van der Waals surface area contributed by atoms with Crippen LogP contribution in [0.25, 0.3) is 72.0 Å². The monoisotopic (exact) mass is 754 g/mol. The summed E-state index contributed by atoms with van der Waals surface area (Å²) in [5.41, 5.74) is 19.1. The molecular weight excluding hydrogens is 713 g/mol. The van der Waals surface area contributed by atoms with Gasteiger partial charge in [-0.3, -0.25) is 0 Å². The van der Waals surface area contributed by atoms with Crippen molar-refractivity contribution in [3.63, 3.8) is 0 Å². The number of fused-ring (bicyclic) bond motifs is 6. The second-order valence-corrected chi connectivity index (χ2v) is 16.1. The smallest absolute Gasteiger partial charge is 0.0562 e. The van der Waals surface area contributed by atoms with Gasteiger partial charge in [-0.1, -0.05) is 184 Å². The highest BCUT2D eigenvalue weighted by Crippen LogP contribution is 2.54. The van der Waals surface area contributed by atoms with Crippen LogP contribution in [0.4, 0.5) is 17.1 Å². The zero-order valence-electron chi connectivity index (χ0n) is 33.2. The van der Waals surface area contributed by atoms with Crippen molar-refractivity contribution in [1.82, 2.24) is 4.57 Å². The van der Waals surface area contributed by atoms with Crippen molar-refractivity contribution in [2.75, 3.05) is 4.90 Å². The van der Waals surface area contributed by atoms with Gasteiger partial charge in [0, 0.05) is 33.1 Å². The van der Waals surface area contributed by atoms with Crippen LogP contribution in [0.2, 0.25) is 0 Å². The summed E-state index contributed by atoms with van der Waals surface area (Å²) in [6.07, 6.45) is 0. The van der Waals surface area contributed by atoms with Crippen molar-refractivity contribution in [2.45, 2.75) is 19.3 Å². The molecule has 0 radical (unpaired) electrons. The first kappa shape index (κ1) is 34.8. The van der Waals surface area contributed by atoms with Crippen molar-refractivity contribution in [2.24, 2.45) is 0 Å². The minimum atomic E-state index is -0.169. The van der Waals surface area contributed by atoms with Crippen LogP contribution >= 0.6 is 0 Å². The second-order valence-electron chi connectivity index (χ2n) is 16.1. The number of aromatic nitrogens is 1. The molecule has 2 nitrogen and oxygen atoms in total. The van der Waals surface area contributed by atoms with Crippen molar-refractivity contribution in [1.29, 1.82) is 0 Å². The molecule has 2 heteroatoms. The summed E-state index contributed by atoms with van der Waals surface area (Å²) in [6.45, 7) is 4.75. The molecule has 59 heavy (non-hydrogen) atoms. The Morgan fingerprint density at radius 3 is 1.69 bits per heavy atom. The molecule has 1 heterocycles. The topological polar surface area (TPSA) is 8.17 Å². The largest absolute Gasteiger partial charge is 0.309 e. The summed E-state index contributed by atoms with van der Waals surface area (Å²) >= 11 is 0. The third-order valence-electron chi connectivity index (χ3n) is 12.4. The summed E-state index contributed by atoms with van der Waals surface area (Å²) in [7, 11) is 0. The molecule has 10 aromatic rings. The highest BCUT2D eigenvalue weighted by atomic mass is 15.2.